The van der Waals surface area contributed by atoms with Crippen molar-refractivity contribution in [1.29, 1.82) is 0 Å². The van der Waals surface area contributed by atoms with Gasteiger partial charge in [-0.15, -0.1) is 0 Å². The number of rotatable bonds is 5. The van der Waals surface area contributed by atoms with Crippen LogP contribution in [0.2, 0.25) is 0 Å². The number of benzene rings is 2. The predicted molar refractivity (Wildman–Crippen MR) is 121 cm³/mol. The van der Waals surface area contributed by atoms with Gasteiger partial charge in [-0.3, -0.25) is 9.69 Å². The van der Waals surface area contributed by atoms with Crippen LogP contribution in [0.25, 0.3) is 11.8 Å². The Hall–Kier alpha value is -3.45. The number of carbonyl (C=O) groups is 1. The van der Waals surface area contributed by atoms with Gasteiger partial charge in [0.1, 0.15) is 11.5 Å². The number of hydrogen-bond acceptors (Lipinski definition) is 5. The third-order valence-electron chi connectivity index (χ3n) is 4.71. The van der Waals surface area contributed by atoms with Gasteiger partial charge in [-0.25, -0.2) is 4.99 Å². The van der Waals surface area contributed by atoms with E-state index in [9.17, 15) is 4.79 Å². The van der Waals surface area contributed by atoms with E-state index in [0.29, 0.717) is 10.1 Å². The maximum absolute atomic E-state index is 12.8. The molecule has 0 atom stereocenters. The molecule has 4 rings (SSSR count). The number of amides is 1. The Labute approximate surface area is 179 Å². The Morgan fingerprint density at radius 3 is 2.20 bits per heavy atom. The minimum Gasteiger partial charge on any atom is -0.497 e. The van der Waals surface area contributed by atoms with Crippen molar-refractivity contribution in [3.63, 3.8) is 0 Å². The Balaban J connectivity index is 1.61. The summed E-state index contributed by atoms with van der Waals surface area (Å²) in [5.74, 6) is 1.49. The molecule has 1 fully saturated rings. The summed E-state index contributed by atoms with van der Waals surface area (Å²) in [7, 11) is 5.01. The maximum Gasteiger partial charge on any atom is 0.266 e. The van der Waals surface area contributed by atoms with E-state index in [4.69, 9.17) is 9.47 Å². The first kappa shape index (κ1) is 19.8. The second kappa shape index (κ2) is 8.51. The number of likely N-dealkylation sites (N-methyl/N-ethyl adjacent to an activating group) is 1. The fourth-order valence-corrected chi connectivity index (χ4v) is 4.01. The SMILES string of the molecule is COc1ccc(N=C2S/C(=C\c3cccn3-c3ccc(OC)cc3)C(=O)N2C)cc1. The summed E-state index contributed by atoms with van der Waals surface area (Å²) in [6.07, 6.45) is 3.86. The third-order valence-corrected chi connectivity index (χ3v) is 5.77. The summed E-state index contributed by atoms with van der Waals surface area (Å²) in [5.41, 5.74) is 2.67. The first-order valence-electron chi connectivity index (χ1n) is 9.31. The first-order valence-corrected chi connectivity index (χ1v) is 10.1. The number of aromatic nitrogens is 1. The average molecular weight is 420 g/mol. The molecule has 0 aliphatic carbocycles. The lowest BCUT2D eigenvalue weighted by molar-refractivity contribution is -0.121. The highest BCUT2D eigenvalue weighted by atomic mass is 32.2. The smallest absolute Gasteiger partial charge is 0.266 e. The van der Waals surface area contributed by atoms with E-state index in [2.05, 4.69) is 4.99 Å². The van der Waals surface area contributed by atoms with Crippen LogP contribution in [0.1, 0.15) is 5.69 Å². The van der Waals surface area contributed by atoms with Crippen molar-refractivity contribution in [1.82, 2.24) is 9.47 Å². The van der Waals surface area contributed by atoms with E-state index in [1.165, 1.54) is 11.8 Å². The highest BCUT2D eigenvalue weighted by molar-refractivity contribution is 8.18. The minimum atomic E-state index is -0.0743. The van der Waals surface area contributed by atoms with Gasteiger partial charge in [-0.05, 0) is 78.5 Å². The Morgan fingerprint density at radius 2 is 1.57 bits per heavy atom. The van der Waals surface area contributed by atoms with Crippen molar-refractivity contribution in [3.05, 3.63) is 77.5 Å². The fourth-order valence-electron chi connectivity index (χ4n) is 3.04. The molecule has 3 aromatic rings. The van der Waals surface area contributed by atoms with Crippen LogP contribution in [0.3, 0.4) is 0 Å². The molecule has 152 valence electrons. The van der Waals surface area contributed by atoms with Gasteiger partial charge in [-0.2, -0.15) is 0 Å². The van der Waals surface area contributed by atoms with Crippen molar-refractivity contribution in [3.8, 4) is 17.2 Å². The topological polar surface area (TPSA) is 56.1 Å². The fraction of sp³-hybridized carbons (Fsp3) is 0.130. The number of aliphatic imine (C=N–C) groups is 1. The van der Waals surface area contributed by atoms with Crippen LogP contribution >= 0.6 is 11.8 Å². The predicted octanol–water partition coefficient (Wildman–Crippen LogP) is 4.73. The minimum absolute atomic E-state index is 0.0743. The highest BCUT2D eigenvalue weighted by Gasteiger charge is 2.30. The van der Waals surface area contributed by atoms with E-state index >= 15 is 0 Å². The normalized spacial score (nSPS) is 16.5. The number of hydrogen-bond donors (Lipinski definition) is 0. The van der Waals surface area contributed by atoms with Crippen LogP contribution in [-0.4, -0.2) is 41.8 Å². The van der Waals surface area contributed by atoms with Gasteiger partial charge in [0.15, 0.2) is 5.17 Å². The summed E-state index contributed by atoms with van der Waals surface area (Å²) in [4.78, 5) is 19.6. The molecule has 2 heterocycles. The van der Waals surface area contributed by atoms with Crippen molar-refractivity contribution < 1.29 is 14.3 Å². The summed E-state index contributed by atoms with van der Waals surface area (Å²) >= 11 is 1.36. The van der Waals surface area contributed by atoms with Crippen LogP contribution < -0.4 is 9.47 Å². The second-order valence-corrected chi connectivity index (χ2v) is 7.58. The van der Waals surface area contributed by atoms with E-state index in [1.54, 1.807) is 26.2 Å². The molecule has 0 bridgehead atoms. The highest BCUT2D eigenvalue weighted by Crippen LogP contribution is 2.34. The molecule has 1 saturated heterocycles. The van der Waals surface area contributed by atoms with E-state index in [0.717, 1.165) is 28.6 Å². The van der Waals surface area contributed by atoms with Crippen LogP contribution in [0.5, 0.6) is 11.5 Å². The van der Waals surface area contributed by atoms with Crippen LogP contribution in [0.15, 0.2) is 76.8 Å². The summed E-state index contributed by atoms with van der Waals surface area (Å²) < 4.78 is 12.4. The Morgan fingerprint density at radius 1 is 0.933 bits per heavy atom. The molecule has 1 amide bonds. The van der Waals surface area contributed by atoms with Gasteiger partial charge in [-0.1, -0.05) is 0 Å². The summed E-state index contributed by atoms with van der Waals surface area (Å²) in [6, 6.07) is 19.1. The van der Waals surface area contributed by atoms with Gasteiger partial charge in [0.2, 0.25) is 0 Å². The van der Waals surface area contributed by atoms with Crippen molar-refractivity contribution in [2.24, 2.45) is 4.99 Å². The zero-order chi connectivity index (χ0) is 21.1. The second-order valence-electron chi connectivity index (χ2n) is 6.57. The third kappa shape index (κ3) is 3.97. The molecular weight excluding hydrogens is 398 g/mol. The van der Waals surface area contributed by atoms with E-state index in [1.807, 2.05) is 77.5 Å². The lowest BCUT2D eigenvalue weighted by Gasteiger charge is -2.08. The number of ether oxygens (including phenoxy) is 2. The molecule has 1 aromatic heterocycles. The van der Waals surface area contributed by atoms with Crippen molar-refractivity contribution >= 4 is 34.6 Å². The molecule has 7 heteroatoms. The zero-order valence-electron chi connectivity index (χ0n) is 16.9. The molecule has 0 spiro atoms. The molecule has 2 aromatic carbocycles. The van der Waals surface area contributed by atoms with Gasteiger partial charge in [0.05, 0.1) is 24.8 Å². The lowest BCUT2D eigenvalue weighted by Crippen LogP contribution is -2.23. The number of amidine groups is 1. The molecule has 6 nitrogen and oxygen atoms in total. The number of methoxy groups -OCH3 is 2. The van der Waals surface area contributed by atoms with Crippen LogP contribution in [-0.2, 0) is 4.79 Å². The van der Waals surface area contributed by atoms with E-state index < -0.39 is 0 Å². The molecule has 0 unspecified atom stereocenters. The molecule has 0 saturated carbocycles. The number of carbonyl (C=O) groups excluding carboxylic acids is 1. The lowest BCUT2D eigenvalue weighted by atomic mass is 10.3. The van der Waals surface area contributed by atoms with Crippen LogP contribution in [0, 0.1) is 0 Å². The zero-order valence-corrected chi connectivity index (χ0v) is 17.7. The Kier molecular flexibility index (Phi) is 5.63. The van der Waals surface area contributed by atoms with Crippen molar-refractivity contribution in [2.75, 3.05) is 21.3 Å². The summed E-state index contributed by atoms with van der Waals surface area (Å²) in [6.45, 7) is 0. The van der Waals surface area contributed by atoms with Crippen LogP contribution in [0.4, 0.5) is 5.69 Å². The first-order chi connectivity index (χ1) is 14.6. The molecule has 1 aliphatic heterocycles. The number of nitrogens with zero attached hydrogens (tertiary/aromatic N) is 3. The maximum atomic E-state index is 12.8. The molecule has 0 N–H and O–H groups in total. The monoisotopic (exact) mass is 419 g/mol. The molecule has 0 radical (unpaired) electrons. The van der Waals surface area contributed by atoms with Crippen molar-refractivity contribution in [2.45, 2.75) is 0 Å². The molecule has 1 aliphatic rings. The van der Waals surface area contributed by atoms with Gasteiger partial charge < -0.3 is 14.0 Å². The quantitative estimate of drug-likeness (QED) is 0.561. The Bertz CT molecular complexity index is 1120. The van der Waals surface area contributed by atoms with Gasteiger partial charge in [0.25, 0.3) is 5.91 Å². The molecule has 30 heavy (non-hydrogen) atoms. The van der Waals surface area contributed by atoms with Gasteiger partial charge in [0, 0.05) is 24.6 Å². The number of thioether (sulfide) groups is 1. The summed E-state index contributed by atoms with van der Waals surface area (Å²) in [5, 5.41) is 0.638. The largest absolute Gasteiger partial charge is 0.497 e. The molecular formula is C23H21N3O3S. The van der Waals surface area contributed by atoms with Gasteiger partial charge >= 0.3 is 0 Å². The standard InChI is InChI=1S/C23H21N3O3S/c1-25-22(27)21(30-23(25)24-16-6-10-19(28-2)11-7-16)15-18-5-4-14-26(18)17-8-12-20(29-3)13-9-17/h4-15H,1-3H3/b21-15-,24-23?. The average Bonchev–Trinajstić information content (AvgIpc) is 3.35. The van der Waals surface area contributed by atoms with E-state index in [-0.39, 0.29) is 5.91 Å².